The number of methoxy groups -OCH3 is 2. The quantitative estimate of drug-likeness (QED) is 0.768. The normalized spacial score (nSPS) is 12.9. The molecule has 4 rings (SSSR count). The molecule has 140 valence electrons. The molecule has 0 aliphatic heterocycles. The van der Waals surface area contributed by atoms with Crippen molar-refractivity contribution in [2.24, 2.45) is 7.05 Å². The van der Waals surface area contributed by atoms with Gasteiger partial charge in [-0.15, -0.1) is 0 Å². The number of hydrogen-bond donors (Lipinski definition) is 1. The molecule has 27 heavy (non-hydrogen) atoms. The predicted molar refractivity (Wildman–Crippen MR) is 103 cm³/mol. The first kappa shape index (κ1) is 17.3. The summed E-state index contributed by atoms with van der Waals surface area (Å²) in [6.07, 6.45) is 2.75. The molecule has 3 aromatic rings. The number of ether oxygens (including phenoxy) is 2. The third-order valence-corrected chi connectivity index (χ3v) is 5.06. The van der Waals surface area contributed by atoms with Crippen molar-refractivity contribution >= 4 is 22.6 Å². The molecule has 1 amide bonds. The van der Waals surface area contributed by atoms with Crippen LogP contribution in [0.25, 0.3) is 11.0 Å². The summed E-state index contributed by atoms with van der Waals surface area (Å²) in [5.74, 6) is 1.05. The predicted octanol–water partition coefficient (Wildman–Crippen LogP) is 3.03. The fourth-order valence-corrected chi connectivity index (χ4v) is 3.81. The van der Waals surface area contributed by atoms with Gasteiger partial charge in [-0.3, -0.25) is 9.48 Å². The number of anilines is 1. The Balaban J connectivity index is 1.85. The summed E-state index contributed by atoms with van der Waals surface area (Å²) in [4.78, 5) is 18.1. The molecular formula is C20H22N4O3. The summed E-state index contributed by atoms with van der Waals surface area (Å²) in [6, 6.07) is 5.32. The van der Waals surface area contributed by atoms with Gasteiger partial charge in [0, 0.05) is 18.8 Å². The highest BCUT2D eigenvalue weighted by Crippen LogP contribution is 2.34. The standard InChI is InChI=1S/C20H22N4O3/c1-11-17-18(13-6-5-7-14(13)21-19(17)24(2)23-11)20(25)22-15-10-12(26-3)8-9-16(15)27-4/h8-10H,5-7H2,1-4H3,(H,22,25). The number of nitrogens with one attached hydrogen (secondary N) is 1. The van der Waals surface area contributed by atoms with E-state index in [4.69, 9.17) is 14.5 Å². The second kappa shape index (κ2) is 6.57. The summed E-state index contributed by atoms with van der Waals surface area (Å²) in [5.41, 5.74) is 4.81. The molecule has 0 fully saturated rings. The molecule has 0 bridgehead atoms. The van der Waals surface area contributed by atoms with E-state index in [0.717, 1.165) is 47.2 Å². The largest absolute Gasteiger partial charge is 0.497 e. The van der Waals surface area contributed by atoms with Gasteiger partial charge in [0.1, 0.15) is 11.5 Å². The molecule has 0 atom stereocenters. The average Bonchev–Trinajstić information content (AvgIpc) is 3.24. The Kier molecular flexibility index (Phi) is 4.22. The van der Waals surface area contributed by atoms with Crippen molar-refractivity contribution < 1.29 is 14.3 Å². The number of aromatic nitrogens is 3. The minimum Gasteiger partial charge on any atom is -0.497 e. The van der Waals surface area contributed by atoms with E-state index in [-0.39, 0.29) is 5.91 Å². The lowest BCUT2D eigenvalue weighted by molar-refractivity contribution is 0.102. The van der Waals surface area contributed by atoms with Crippen molar-refractivity contribution in [1.82, 2.24) is 14.8 Å². The van der Waals surface area contributed by atoms with Gasteiger partial charge in [0.2, 0.25) is 0 Å². The number of hydrogen-bond acceptors (Lipinski definition) is 5. The summed E-state index contributed by atoms with van der Waals surface area (Å²) in [5, 5.41) is 8.29. The van der Waals surface area contributed by atoms with Crippen LogP contribution < -0.4 is 14.8 Å². The van der Waals surface area contributed by atoms with Crippen molar-refractivity contribution in [3.8, 4) is 11.5 Å². The maximum atomic E-state index is 13.3. The fraction of sp³-hybridized carbons (Fsp3) is 0.350. The van der Waals surface area contributed by atoms with Crippen LogP contribution in [0.15, 0.2) is 18.2 Å². The lowest BCUT2D eigenvalue weighted by atomic mass is 10.0. The minimum absolute atomic E-state index is 0.178. The number of carbonyl (C=O) groups is 1. The van der Waals surface area contributed by atoms with Gasteiger partial charge in [0.15, 0.2) is 5.65 Å². The van der Waals surface area contributed by atoms with Crippen LogP contribution in [-0.4, -0.2) is 34.9 Å². The monoisotopic (exact) mass is 366 g/mol. The fourth-order valence-electron chi connectivity index (χ4n) is 3.81. The lowest BCUT2D eigenvalue weighted by Gasteiger charge is -2.14. The van der Waals surface area contributed by atoms with E-state index in [1.54, 1.807) is 37.1 Å². The van der Waals surface area contributed by atoms with E-state index < -0.39 is 0 Å². The first-order valence-corrected chi connectivity index (χ1v) is 8.92. The number of carbonyl (C=O) groups excluding carboxylic acids is 1. The summed E-state index contributed by atoms with van der Waals surface area (Å²) >= 11 is 0. The van der Waals surface area contributed by atoms with Gasteiger partial charge >= 0.3 is 0 Å². The zero-order chi connectivity index (χ0) is 19.1. The Morgan fingerprint density at radius 2 is 2.04 bits per heavy atom. The molecule has 1 aromatic carbocycles. The molecule has 1 aliphatic carbocycles. The van der Waals surface area contributed by atoms with Gasteiger partial charge in [-0.2, -0.15) is 5.10 Å². The summed E-state index contributed by atoms with van der Waals surface area (Å²) in [7, 11) is 5.02. The number of rotatable bonds is 4. The Bertz CT molecular complexity index is 1060. The van der Waals surface area contributed by atoms with Crippen LogP contribution >= 0.6 is 0 Å². The zero-order valence-electron chi connectivity index (χ0n) is 15.9. The first-order valence-electron chi connectivity index (χ1n) is 8.92. The Labute approximate surface area is 157 Å². The smallest absolute Gasteiger partial charge is 0.256 e. The van der Waals surface area contributed by atoms with E-state index in [1.807, 2.05) is 14.0 Å². The molecule has 0 saturated carbocycles. The van der Waals surface area contributed by atoms with E-state index in [2.05, 4.69) is 10.4 Å². The third-order valence-electron chi connectivity index (χ3n) is 5.06. The van der Waals surface area contributed by atoms with Crippen LogP contribution in [0.4, 0.5) is 5.69 Å². The number of nitrogens with zero attached hydrogens (tertiary/aromatic N) is 3. The molecule has 2 heterocycles. The number of fused-ring (bicyclic) bond motifs is 2. The second-order valence-corrected chi connectivity index (χ2v) is 6.69. The van der Waals surface area contributed by atoms with Gasteiger partial charge in [-0.25, -0.2) is 4.98 Å². The molecule has 7 nitrogen and oxygen atoms in total. The van der Waals surface area contributed by atoms with Crippen LogP contribution in [0.3, 0.4) is 0 Å². The van der Waals surface area contributed by atoms with Crippen molar-refractivity contribution in [2.75, 3.05) is 19.5 Å². The van der Waals surface area contributed by atoms with Crippen LogP contribution in [0.5, 0.6) is 11.5 Å². The molecule has 2 aromatic heterocycles. The zero-order valence-corrected chi connectivity index (χ0v) is 15.9. The van der Waals surface area contributed by atoms with Crippen LogP contribution in [-0.2, 0) is 19.9 Å². The van der Waals surface area contributed by atoms with Crippen LogP contribution in [0.1, 0.15) is 33.7 Å². The van der Waals surface area contributed by atoms with Gasteiger partial charge in [0.25, 0.3) is 5.91 Å². The number of benzene rings is 1. The number of pyridine rings is 1. The van der Waals surface area contributed by atoms with E-state index >= 15 is 0 Å². The summed E-state index contributed by atoms with van der Waals surface area (Å²) < 4.78 is 12.4. The van der Waals surface area contributed by atoms with Crippen molar-refractivity contribution in [3.63, 3.8) is 0 Å². The lowest BCUT2D eigenvalue weighted by Crippen LogP contribution is -2.16. The highest BCUT2D eigenvalue weighted by Gasteiger charge is 2.27. The maximum Gasteiger partial charge on any atom is 0.256 e. The minimum atomic E-state index is -0.178. The van der Waals surface area contributed by atoms with Crippen molar-refractivity contribution in [2.45, 2.75) is 26.2 Å². The topological polar surface area (TPSA) is 78.3 Å². The van der Waals surface area contributed by atoms with Crippen LogP contribution in [0, 0.1) is 6.92 Å². The van der Waals surface area contributed by atoms with Gasteiger partial charge in [0.05, 0.1) is 36.6 Å². The Morgan fingerprint density at radius 1 is 1.22 bits per heavy atom. The van der Waals surface area contributed by atoms with E-state index in [1.165, 1.54) is 0 Å². The summed E-state index contributed by atoms with van der Waals surface area (Å²) in [6.45, 7) is 1.91. The maximum absolute atomic E-state index is 13.3. The highest BCUT2D eigenvalue weighted by molar-refractivity contribution is 6.14. The first-order chi connectivity index (χ1) is 13.0. The van der Waals surface area contributed by atoms with Crippen LogP contribution in [0.2, 0.25) is 0 Å². The Morgan fingerprint density at radius 3 is 2.78 bits per heavy atom. The highest BCUT2D eigenvalue weighted by atomic mass is 16.5. The van der Waals surface area contributed by atoms with Gasteiger partial charge in [-0.1, -0.05) is 0 Å². The van der Waals surface area contributed by atoms with Gasteiger partial charge in [-0.05, 0) is 43.9 Å². The molecule has 1 aliphatic rings. The van der Waals surface area contributed by atoms with Crippen molar-refractivity contribution in [1.29, 1.82) is 0 Å². The van der Waals surface area contributed by atoms with E-state index in [9.17, 15) is 4.79 Å². The molecule has 7 heteroatoms. The number of aryl methyl sites for hydroxylation is 3. The molecule has 0 spiro atoms. The SMILES string of the molecule is COc1ccc(OC)c(NC(=O)c2c3c(nc4c2c(C)nn4C)CCC3)c1. The average molecular weight is 366 g/mol. The molecule has 0 saturated heterocycles. The second-order valence-electron chi connectivity index (χ2n) is 6.69. The molecule has 1 N–H and O–H groups in total. The van der Waals surface area contributed by atoms with E-state index in [0.29, 0.717) is 22.7 Å². The molecular weight excluding hydrogens is 344 g/mol. The third kappa shape index (κ3) is 2.79. The van der Waals surface area contributed by atoms with Gasteiger partial charge < -0.3 is 14.8 Å². The number of amides is 1. The molecule has 0 unspecified atom stereocenters. The Hall–Kier alpha value is -3.09. The molecule has 0 radical (unpaired) electrons. The van der Waals surface area contributed by atoms with Crippen molar-refractivity contribution in [3.05, 3.63) is 40.7 Å².